The monoisotopic (exact) mass is 440 g/mol. The molecule has 4 nitrogen and oxygen atoms in total. The Morgan fingerprint density at radius 2 is 1.15 bits per heavy atom. The lowest BCUT2D eigenvalue weighted by Crippen LogP contribution is -2.26. The average molecular weight is 441 g/mol. The molecule has 7 rings (SSSR count). The highest BCUT2D eigenvalue weighted by Crippen LogP contribution is 2.53. The van der Waals surface area contributed by atoms with Crippen molar-refractivity contribution in [2.24, 2.45) is 15.4 Å². The molecule has 0 saturated heterocycles. The van der Waals surface area contributed by atoms with Crippen molar-refractivity contribution in [2.45, 2.75) is 75.3 Å². The van der Waals surface area contributed by atoms with Crippen LogP contribution in [0.3, 0.4) is 0 Å². The Kier molecular flexibility index (Phi) is 4.63. The Bertz CT molecular complexity index is 1050. The van der Waals surface area contributed by atoms with E-state index in [0.717, 1.165) is 24.6 Å². The van der Waals surface area contributed by atoms with Crippen LogP contribution in [0.4, 0.5) is 0 Å². The van der Waals surface area contributed by atoms with Gasteiger partial charge >= 0.3 is 0 Å². The highest BCUT2D eigenvalue weighted by Gasteiger charge is 2.58. The lowest BCUT2D eigenvalue weighted by atomic mass is 9.79. The maximum Gasteiger partial charge on any atom is 0.199 e. The third kappa shape index (κ3) is 3.25. The molecule has 2 aliphatic heterocycles. The number of aliphatic imine (C=N–C) groups is 2. The molecule has 2 aromatic rings. The van der Waals surface area contributed by atoms with E-state index in [0.29, 0.717) is 25.0 Å². The first-order valence-electron chi connectivity index (χ1n) is 12.9. The molecule has 2 aromatic carbocycles. The van der Waals surface area contributed by atoms with Gasteiger partial charge in [0, 0.05) is 11.8 Å². The van der Waals surface area contributed by atoms with Crippen molar-refractivity contribution >= 4 is 11.8 Å². The molecule has 0 bridgehead atoms. The lowest BCUT2D eigenvalue weighted by molar-refractivity contribution is 0.263. The van der Waals surface area contributed by atoms with Crippen molar-refractivity contribution in [2.75, 3.05) is 13.2 Å². The molecule has 2 heterocycles. The number of nitrogens with zero attached hydrogens (tertiary/aromatic N) is 2. The Hall–Kier alpha value is -2.62. The molecule has 4 atom stereocenters. The molecule has 0 spiro atoms. The maximum absolute atomic E-state index is 6.30. The molecule has 0 N–H and O–H groups in total. The molecule has 4 heteroatoms. The van der Waals surface area contributed by atoms with Crippen LogP contribution >= 0.6 is 0 Å². The summed E-state index contributed by atoms with van der Waals surface area (Å²) in [7, 11) is 0. The van der Waals surface area contributed by atoms with Crippen LogP contribution in [0.15, 0.2) is 58.5 Å². The molecule has 3 aliphatic carbocycles. The summed E-state index contributed by atoms with van der Waals surface area (Å²) in [4.78, 5) is 10.4. The summed E-state index contributed by atoms with van der Waals surface area (Å²) < 4.78 is 12.6. The number of hydrogen-bond donors (Lipinski definition) is 0. The molecule has 0 amide bonds. The van der Waals surface area contributed by atoms with Crippen LogP contribution in [0, 0.1) is 5.41 Å². The Balaban J connectivity index is 1.13. The zero-order chi connectivity index (χ0) is 21.8. The van der Waals surface area contributed by atoms with E-state index in [1.54, 1.807) is 0 Å². The summed E-state index contributed by atoms with van der Waals surface area (Å²) in [5.41, 5.74) is 5.77. The SMILES string of the molecule is c1ccc2c(c1)CCCC2[C@H]1COC(C2(C3=N[C@@H](C4CCCc5ccccc54)CO3)CC2)=N1. The van der Waals surface area contributed by atoms with E-state index in [1.165, 1.54) is 60.8 Å². The zero-order valence-electron chi connectivity index (χ0n) is 19.2. The first-order valence-corrected chi connectivity index (χ1v) is 12.9. The number of hydrogen-bond acceptors (Lipinski definition) is 4. The van der Waals surface area contributed by atoms with Crippen LogP contribution in [-0.2, 0) is 22.3 Å². The molecular weight excluding hydrogens is 408 g/mol. The van der Waals surface area contributed by atoms with Gasteiger partial charge in [-0.3, -0.25) is 0 Å². The highest BCUT2D eigenvalue weighted by atomic mass is 16.5. The lowest BCUT2D eigenvalue weighted by Gasteiger charge is -2.27. The Morgan fingerprint density at radius 1 is 0.667 bits per heavy atom. The maximum atomic E-state index is 6.30. The highest BCUT2D eigenvalue weighted by molar-refractivity contribution is 6.09. The summed E-state index contributed by atoms with van der Waals surface area (Å²) in [6, 6.07) is 18.3. The third-order valence-electron chi connectivity index (χ3n) is 8.68. The molecule has 2 unspecified atom stereocenters. The summed E-state index contributed by atoms with van der Waals surface area (Å²) >= 11 is 0. The Labute approximate surface area is 196 Å². The van der Waals surface area contributed by atoms with Crippen molar-refractivity contribution in [3.8, 4) is 0 Å². The van der Waals surface area contributed by atoms with E-state index in [-0.39, 0.29) is 17.5 Å². The van der Waals surface area contributed by atoms with Crippen LogP contribution in [-0.4, -0.2) is 37.1 Å². The molecule has 170 valence electrons. The molecular formula is C29H32N2O2. The summed E-state index contributed by atoms with van der Waals surface area (Å²) in [5, 5.41) is 0. The van der Waals surface area contributed by atoms with Crippen molar-refractivity contribution in [3.63, 3.8) is 0 Å². The van der Waals surface area contributed by atoms with Crippen molar-refractivity contribution in [1.82, 2.24) is 0 Å². The van der Waals surface area contributed by atoms with E-state index in [9.17, 15) is 0 Å². The van der Waals surface area contributed by atoms with Gasteiger partial charge in [0.15, 0.2) is 11.8 Å². The van der Waals surface area contributed by atoms with Crippen molar-refractivity contribution in [3.05, 3.63) is 70.8 Å². The van der Waals surface area contributed by atoms with Crippen molar-refractivity contribution in [1.29, 1.82) is 0 Å². The number of aryl methyl sites for hydroxylation is 2. The van der Waals surface area contributed by atoms with Crippen molar-refractivity contribution < 1.29 is 9.47 Å². The molecule has 0 aromatic heterocycles. The number of rotatable bonds is 4. The van der Waals surface area contributed by atoms with Gasteiger partial charge in [-0.15, -0.1) is 0 Å². The predicted octanol–water partition coefficient (Wildman–Crippen LogP) is 5.60. The number of fused-ring (bicyclic) bond motifs is 2. The van der Waals surface area contributed by atoms with Crippen LogP contribution < -0.4 is 0 Å². The smallest absolute Gasteiger partial charge is 0.199 e. The average Bonchev–Trinajstić information content (AvgIpc) is 3.29. The van der Waals surface area contributed by atoms with Gasteiger partial charge in [0.05, 0.1) is 12.1 Å². The number of benzene rings is 2. The fourth-order valence-corrected chi connectivity index (χ4v) is 6.74. The van der Waals surface area contributed by atoms with Gasteiger partial charge in [-0.1, -0.05) is 48.5 Å². The van der Waals surface area contributed by atoms with Gasteiger partial charge in [0.2, 0.25) is 0 Å². The second-order valence-electron chi connectivity index (χ2n) is 10.6. The first kappa shape index (κ1) is 19.8. The van der Waals surface area contributed by atoms with E-state index in [4.69, 9.17) is 19.5 Å². The second kappa shape index (κ2) is 7.72. The molecule has 5 aliphatic rings. The number of ether oxygens (including phenoxy) is 2. The standard InChI is InChI=1S/C29H32N2O2/c1-3-11-21-19(7-1)9-5-13-23(21)25-17-32-27(30-25)29(15-16-29)28-31-26(18-33-28)24-14-6-10-20-8-2-4-12-22(20)24/h1-4,7-8,11-12,23-26H,5-6,9-10,13-18H2/t23?,24?,25-,26-/m1/s1. The second-order valence-corrected chi connectivity index (χ2v) is 10.6. The normalized spacial score (nSPS) is 31.5. The topological polar surface area (TPSA) is 43.2 Å². The third-order valence-corrected chi connectivity index (χ3v) is 8.68. The van der Waals surface area contributed by atoms with Gasteiger partial charge in [0.1, 0.15) is 18.6 Å². The van der Waals surface area contributed by atoms with Gasteiger partial charge in [-0.2, -0.15) is 0 Å². The molecule has 33 heavy (non-hydrogen) atoms. The molecule has 0 radical (unpaired) electrons. The fourth-order valence-electron chi connectivity index (χ4n) is 6.74. The Morgan fingerprint density at radius 3 is 1.64 bits per heavy atom. The first-order chi connectivity index (χ1) is 16.3. The van der Waals surface area contributed by atoms with Crippen LogP contribution in [0.25, 0.3) is 0 Å². The molecule has 1 fully saturated rings. The molecule has 1 saturated carbocycles. The van der Waals surface area contributed by atoms with Gasteiger partial charge in [-0.05, 0) is 73.6 Å². The minimum Gasteiger partial charge on any atom is -0.478 e. The minimum absolute atomic E-state index is 0.189. The van der Waals surface area contributed by atoms with E-state index in [1.807, 2.05) is 0 Å². The minimum atomic E-state index is -0.189. The van der Waals surface area contributed by atoms with Crippen LogP contribution in [0.5, 0.6) is 0 Å². The fraction of sp³-hybridized carbons (Fsp3) is 0.517. The quantitative estimate of drug-likeness (QED) is 0.621. The van der Waals surface area contributed by atoms with Gasteiger partial charge in [0.25, 0.3) is 0 Å². The van der Waals surface area contributed by atoms with Crippen LogP contribution in [0.1, 0.15) is 72.6 Å². The summed E-state index contributed by atoms with van der Waals surface area (Å²) in [6.07, 6.45) is 9.38. The van der Waals surface area contributed by atoms with E-state index >= 15 is 0 Å². The zero-order valence-corrected chi connectivity index (χ0v) is 19.2. The largest absolute Gasteiger partial charge is 0.478 e. The summed E-state index contributed by atoms with van der Waals surface area (Å²) in [5.74, 6) is 2.75. The van der Waals surface area contributed by atoms with Gasteiger partial charge in [-0.25, -0.2) is 9.98 Å². The van der Waals surface area contributed by atoms with Gasteiger partial charge < -0.3 is 9.47 Å². The van der Waals surface area contributed by atoms with E-state index < -0.39 is 0 Å². The summed E-state index contributed by atoms with van der Waals surface area (Å²) in [6.45, 7) is 1.39. The van der Waals surface area contributed by atoms with Crippen LogP contribution in [0.2, 0.25) is 0 Å². The predicted molar refractivity (Wildman–Crippen MR) is 130 cm³/mol. The van der Waals surface area contributed by atoms with E-state index in [2.05, 4.69) is 48.5 Å².